The number of nitrogens with one attached hydrogen (secondary N) is 2. The molecule has 0 aliphatic rings. The number of carbonyl (C=O) groups excluding carboxylic acids is 1. The minimum Gasteiger partial charge on any atom is -0.349 e. The van der Waals surface area contributed by atoms with Gasteiger partial charge in [0.05, 0.1) is 11.3 Å². The summed E-state index contributed by atoms with van der Waals surface area (Å²) in [5.41, 5.74) is 3.07. The molecule has 7 heteroatoms. The van der Waals surface area contributed by atoms with E-state index in [9.17, 15) is 9.18 Å². The molecule has 2 aromatic carbocycles. The van der Waals surface area contributed by atoms with Crippen molar-refractivity contribution in [1.29, 1.82) is 0 Å². The quantitative estimate of drug-likeness (QED) is 0.574. The summed E-state index contributed by atoms with van der Waals surface area (Å²) < 4.78 is 13.0. The molecule has 0 aliphatic carbocycles. The van der Waals surface area contributed by atoms with Crippen molar-refractivity contribution in [1.82, 2.24) is 20.5 Å². The van der Waals surface area contributed by atoms with Crippen molar-refractivity contribution in [2.45, 2.75) is 43.6 Å². The molecule has 2 N–H and O–H groups in total. The first-order valence-electron chi connectivity index (χ1n) is 9.20. The number of carbonyl (C=O) groups is 1. The second-order valence-corrected chi connectivity index (χ2v) is 7.87. The standard InChI is InChI=1S/C21H23FN4OS/c1-4-15-5-7-17(8-6-15)19-24-21(26-25-19)28-14(3)20(27)23-13(2)16-9-11-18(22)12-10-16/h5-14H,4H2,1-3H3,(H,23,27)(H,24,25,26)/t13-,14+/m1/s1. The van der Waals surface area contributed by atoms with Crippen LogP contribution in [0.3, 0.4) is 0 Å². The van der Waals surface area contributed by atoms with Crippen molar-refractivity contribution >= 4 is 17.7 Å². The number of thioether (sulfide) groups is 1. The Labute approximate surface area is 168 Å². The zero-order valence-electron chi connectivity index (χ0n) is 16.1. The van der Waals surface area contributed by atoms with Crippen molar-refractivity contribution in [2.75, 3.05) is 0 Å². The highest BCUT2D eigenvalue weighted by molar-refractivity contribution is 8.00. The maximum atomic E-state index is 13.0. The number of halogens is 1. The number of nitrogens with zero attached hydrogens (tertiary/aromatic N) is 2. The molecule has 0 bridgehead atoms. The number of aromatic amines is 1. The molecule has 1 amide bonds. The van der Waals surface area contributed by atoms with Crippen molar-refractivity contribution in [3.05, 3.63) is 65.5 Å². The molecule has 5 nitrogen and oxygen atoms in total. The normalized spacial score (nSPS) is 13.1. The van der Waals surface area contributed by atoms with Crippen LogP contribution in [0, 0.1) is 5.82 Å². The lowest BCUT2D eigenvalue weighted by atomic mass is 10.1. The van der Waals surface area contributed by atoms with E-state index in [1.807, 2.05) is 26.0 Å². The number of H-pyrrole nitrogens is 1. The Kier molecular flexibility index (Phi) is 6.46. The number of aryl methyl sites for hydroxylation is 1. The fraction of sp³-hybridized carbons (Fsp3) is 0.286. The van der Waals surface area contributed by atoms with Gasteiger partial charge in [-0.1, -0.05) is 55.1 Å². The lowest BCUT2D eigenvalue weighted by Gasteiger charge is -2.17. The van der Waals surface area contributed by atoms with Crippen LogP contribution in [0.4, 0.5) is 4.39 Å². The van der Waals surface area contributed by atoms with Crippen LogP contribution in [0.15, 0.2) is 53.7 Å². The third kappa shape index (κ3) is 4.98. The lowest BCUT2D eigenvalue weighted by Crippen LogP contribution is -2.33. The molecular weight excluding hydrogens is 375 g/mol. The molecule has 0 unspecified atom stereocenters. The van der Waals surface area contributed by atoms with Crippen LogP contribution in [0.1, 0.15) is 37.9 Å². The number of hydrogen-bond acceptors (Lipinski definition) is 4. The van der Waals surface area contributed by atoms with Gasteiger partial charge in [0.15, 0.2) is 5.82 Å². The molecule has 28 heavy (non-hydrogen) atoms. The Bertz CT molecular complexity index is 924. The average Bonchev–Trinajstić information content (AvgIpc) is 3.17. The Morgan fingerprint density at radius 2 is 1.82 bits per heavy atom. The van der Waals surface area contributed by atoms with Crippen LogP contribution in [0.5, 0.6) is 0 Å². The summed E-state index contributed by atoms with van der Waals surface area (Å²) >= 11 is 1.29. The second-order valence-electron chi connectivity index (χ2n) is 6.56. The van der Waals surface area contributed by atoms with Crippen molar-refractivity contribution < 1.29 is 9.18 Å². The molecule has 3 rings (SSSR count). The van der Waals surface area contributed by atoms with E-state index in [0.717, 1.165) is 17.5 Å². The Morgan fingerprint density at radius 1 is 1.14 bits per heavy atom. The van der Waals surface area contributed by atoms with Gasteiger partial charge in [-0.2, -0.15) is 0 Å². The SMILES string of the molecule is CCc1ccc(-c2nc(S[C@@H](C)C(=O)N[C@H](C)c3ccc(F)cc3)n[nH]2)cc1. The molecule has 0 aliphatic heterocycles. The van der Waals surface area contributed by atoms with Crippen molar-refractivity contribution in [3.63, 3.8) is 0 Å². The molecular formula is C21H23FN4OS. The van der Waals surface area contributed by atoms with Crippen LogP contribution in [0.2, 0.25) is 0 Å². The first kappa shape index (κ1) is 20.1. The summed E-state index contributed by atoms with van der Waals surface area (Å²) in [6, 6.07) is 14.1. The second kappa shape index (κ2) is 9.01. The van der Waals surface area contributed by atoms with Gasteiger partial charge in [-0.3, -0.25) is 9.89 Å². The van der Waals surface area contributed by atoms with Crippen molar-refractivity contribution in [2.24, 2.45) is 0 Å². The first-order valence-corrected chi connectivity index (χ1v) is 10.1. The average molecular weight is 399 g/mol. The van der Waals surface area contributed by atoms with Crippen LogP contribution in [0.25, 0.3) is 11.4 Å². The van der Waals surface area contributed by atoms with E-state index in [-0.39, 0.29) is 23.0 Å². The van der Waals surface area contributed by atoms with Gasteiger partial charge in [-0.05, 0) is 43.5 Å². The summed E-state index contributed by atoms with van der Waals surface area (Å²) in [7, 11) is 0. The summed E-state index contributed by atoms with van der Waals surface area (Å²) in [6.07, 6.45) is 0.987. The molecule has 3 aromatic rings. The molecule has 0 fully saturated rings. The Hall–Kier alpha value is -2.67. The van der Waals surface area contributed by atoms with Crippen LogP contribution >= 0.6 is 11.8 Å². The van der Waals surface area contributed by atoms with Gasteiger partial charge in [0.2, 0.25) is 11.1 Å². The van der Waals surface area contributed by atoms with Gasteiger partial charge in [-0.15, -0.1) is 5.10 Å². The van der Waals surface area contributed by atoms with E-state index in [2.05, 4.69) is 39.6 Å². The number of amides is 1. The van der Waals surface area contributed by atoms with Gasteiger partial charge in [0, 0.05) is 5.56 Å². The fourth-order valence-electron chi connectivity index (χ4n) is 2.70. The van der Waals surface area contributed by atoms with Gasteiger partial charge < -0.3 is 5.32 Å². The van der Waals surface area contributed by atoms with E-state index in [0.29, 0.717) is 11.0 Å². The maximum Gasteiger partial charge on any atom is 0.233 e. The molecule has 1 heterocycles. The van der Waals surface area contributed by atoms with Crippen LogP contribution < -0.4 is 5.32 Å². The lowest BCUT2D eigenvalue weighted by molar-refractivity contribution is -0.120. The number of aromatic nitrogens is 3. The summed E-state index contributed by atoms with van der Waals surface area (Å²) in [6.45, 7) is 5.79. The zero-order valence-corrected chi connectivity index (χ0v) is 16.9. The van der Waals surface area contributed by atoms with Crippen molar-refractivity contribution in [3.8, 4) is 11.4 Å². The molecule has 2 atom stereocenters. The monoisotopic (exact) mass is 398 g/mol. The fourth-order valence-corrected chi connectivity index (χ4v) is 3.44. The summed E-state index contributed by atoms with van der Waals surface area (Å²) in [5, 5.41) is 10.2. The minimum atomic E-state index is -0.367. The summed E-state index contributed by atoms with van der Waals surface area (Å²) in [5.74, 6) is 0.258. The van der Waals surface area contributed by atoms with Gasteiger partial charge in [-0.25, -0.2) is 9.37 Å². The number of rotatable bonds is 7. The Morgan fingerprint density at radius 3 is 2.46 bits per heavy atom. The van der Waals surface area contributed by atoms with Crippen LogP contribution in [-0.4, -0.2) is 26.3 Å². The third-order valence-electron chi connectivity index (χ3n) is 4.48. The highest BCUT2D eigenvalue weighted by atomic mass is 32.2. The molecule has 0 saturated heterocycles. The molecule has 0 spiro atoms. The predicted molar refractivity (Wildman–Crippen MR) is 109 cm³/mol. The molecule has 0 radical (unpaired) electrons. The van der Waals surface area contributed by atoms with E-state index in [1.54, 1.807) is 12.1 Å². The van der Waals surface area contributed by atoms with Gasteiger partial charge in [0.25, 0.3) is 0 Å². The minimum absolute atomic E-state index is 0.125. The van der Waals surface area contributed by atoms with E-state index < -0.39 is 0 Å². The summed E-state index contributed by atoms with van der Waals surface area (Å²) in [4.78, 5) is 17.0. The van der Waals surface area contributed by atoms with Gasteiger partial charge >= 0.3 is 0 Å². The van der Waals surface area contributed by atoms with E-state index in [4.69, 9.17) is 0 Å². The topological polar surface area (TPSA) is 70.7 Å². The molecule has 146 valence electrons. The highest BCUT2D eigenvalue weighted by Crippen LogP contribution is 2.24. The van der Waals surface area contributed by atoms with E-state index in [1.165, 1.54) is 29.5 Å². The maximum absolute atomic E-state index is 13.0. The molecule has 1 aromatic heterocycles. The highest BCUT2D eigenvalue weighted by Gasteiger charge is 2.19. The van der Waals surface area contributed by atoms with E-state index >= 15 is 0 Å². The number of hydrogen-bond donors (Lipinski definition) is 2. The first-order chi connectivity index (χ1) is 13.5. The largest absolute Gasteiger partial charge is 0.349 e. The van der Waals surface area contributed by atoms with Gasteiger partial charge in [0.1, 0.15) is 5.82 Å². The molecule has 0 saturated carbocycles. The number of benzene rings is 2. The predicted octanol–water partition coefficient (Wildman–Crippen LogP) is 4.53. The zero-order chi connectivity index (χ0) is 20.1. The smallest absolute Gasteiger partial charge is 0.233 e. The Balaban J connectivity index is 1.59. The van der Waals surface area contributed by atoms with Crippen LogP contribution in [-0.2, 0) is 11.2 Å². The third-order valence-corrected chi connectivity index (χ3v) is 5.44.